The second-order valence-electron chi connectivity index (χ2n) is 4.79. The summed E-state index contributed by atoms with van der Waals surface area (Å²) in [6.07, 6.45) is 6.60. The highest BCUT2D eigenvalue weighted by Gasteiger charge is 2.33. The number of likely N-dealkylation sites (tertiary alicyclic amines) is 1. The summed E-state index contributed by atoms with van der Waals surface area (Å²) in [6.45, 7) is 3.94. The maximum atomic E-state index is 9.22. The minimum Gasteiger partial charge on any atom is -0.395 e. The fraction of sp³-hybridized carbons (Fsp3) is 1.00. The lowest BCUT2D eigenvalue weighted by molar-refractivity contribution is 0.119. The molecule has 0 aromatic rings. The second-order valence-corrected chi connectivity index (χ2v) is 4.79. The van der Waals surface area contributed by atoms with E-state index >= 15 is 0 Å². The van der Waals surface area contributed by atoms with Gasteiger partial charge in [0.15, 0.2) is 0 Å². The van der Waals surface area contributed by atoms with E-state index in [0.29, 0.717) is 12.6 Å². The first-order valence-electron chi connectivity index (χ1n) is 5.68. The molecule has 0 bridgehead atoms. The number of aliphatic hydroxyl groups is 1. The summed E-state index contributed by atoms with van der Waals surface area (Å²) in [6, 6.07) is 1.27. The first kappa shape index (κ1) is 9.47. The van der Waals surface area contributed by atoms with Crippen LogP contribution in [0.3, 0.4) is 0 Å². The van der Waals surface area contributed by atoms with Gasteiger partial charge in [-0.25, -0.2) is 0 Å². The second kappa shape index (κ2) is 3.97. The summed E-state index contributed by atoms with van der Waals surface area (Å²) in [5.74, 6) is 0.907. The van der Waals surface area contributed by atoms with Crippen LogP contribution in [-0.2, 0) is 0 Å². The van der Waals surface area contributed by atoms with Gasteiger partial charge in [0.25, 0.3) is 0 Å². The number of hydrogen-bond acceptors (Lipinski definition) is 2. The van der Waals surface area contributed by atoms with Crippen molar-refractivity contribution in [2.75, 3.05) is 13.2 Å². The molecule has 1 aliphatic carbocycles. The van der Waals surface area contributed by atoms with E-state index in [-0.39, 0.29) is 0 Å². The molecule has 0 spiro atoms. The molecule has 0 radical (unpaired) electrons. The van der Waals surface area contributed by atoms with E-state index in [2.05, 4.69) is 11.8 Å². The Labute approximate surface area is 80.9 Å². The Hall–Kier alpha value is -0.0800. The monoisotopic (exact) mass is 183 g/mol. The lowest BCUT2D eigenvalue weighted by Crippen LogP contribution is -2.39. The lowest BCUT2D eigenvalue weighted by Gasteiger charge is -2.29. The summed E-state index contributed by atoms with van der Waals surface area (Å²) in [5, 5.41) is 9.22. The minimum absolute atomic E-state index is 0.366. The normalized spacial score (nSPS) is 41.5. The van der Waals surface area contributed by atoms with Crippen LogP contribution in [0.5, 0.6) is 0 Å². The topological polar surface area (TPSA) is 23.5 Å². The predicted molar refractivity (Wildman–Crippen MR) is 53.6 cm³/mol. The van der Waals surface area contributed by atoms with Crippen molar-refractivity contribution in [3.8, 4) is 0 Å². The molecule has 2 rings (SSSR count). The number of hydrogen-bond donors (Lipinski definition) is 1. The smallest absolute Gasteiger partial charge is 0.0586 e. The minimum atomic E-state index is 0.366. The molecule has 2 nitrogen and oxygen atoms in total. The molecule has 1 heterocycles. The molecule has 1 N–H and O–H groups in total. The van der Waals surface area contributed by atoms with E-state index in [1.165, 1.54) is 38.6 Å². The quantitative estimate of drug-likeness (QED) is 0.703. The zero-order valence-electron chi connectivity index (χ0n) is 8.58. The van der Waals surface area contributed by atoms with Gasteiger partial charge in [-0.15, -0.1) is 0 Å². The molecule has 1 saturated heterocycles. The van der Waals surface area contributed by atoms with Crippen molar-refractivity contribution in [3.05, 3.63) is 0 Å². The van der Waals surface area contributed by atoms with E-state index in [1.807, 2.05) is 0 Å². The molecular weight excluding hydrogens is 162 g/mol. The van der Waals surface area contributed by atoms with Crippen LogP contribution in [0, 0.1) is 5.92 Å². The molecule has 2 aliphatic rings. The maximum Gasteiger partial charge on any atom is 0.0586 e. The van der Waals surface area contributed by atoms with Gasteiger partial charge in [0.05, 0.1) is 6.61 Å². The Balaban J connectivity index is 1.92. The summed E-state index contributed by atoms with van der Waals surface area (Å²) in [7, 11) is 0. The largest absolute Gasteiger partial charge is 0.395 e. The zero-order chi connectivity index (χ0) is 9.26. The number of rotatable bonds is 2. The van der Waals surface area contributed by atoms with E-state index < -0.39 is 0 Å². The van der Waals surface area contributed by atoms with Gasteiger partial charge in [-0.2, -0.15) is 0 Å². The summed E-state index contributed by atoms with van der Waals surface area (Å²) in [5.41, 5.74) is 0. The third-order valence-corrected chi connectivity index (χ3v) is 3.77. The van der Waals surface area contributed by atoms with Crippen LogP contribution in [0.2, 0.25) is 0 Å². The molecule has 2 unspecified atom stereocenters. The first-order valence-corrected chi connectivity index (χ1v) is 5.68. The highest BCUT2D eigenvalue weighted by atomic mass is 16.3. The average Bonchev–Trinajstić information content (AvgIpc) is 2.71. The van der Waals surface area contributed by atoms with Gasteiger partial charge < -0.3 is 5.11 Å². The standard InChI is InChI=1S/C11H21NO/c1-9-4-5-10(7-9)12-6-2-3-11(12)8-13/h9-11,13H,2-8H2,1H3/t9?,10?,11-/m1/s1. The van der Waals surface area contributed by atoms with Crippen LogP contribution in [0.15, 0.2) is 0 Å². The van der Waals surface area contributed by atoms with Gasteiger partial charge in [-0.3, -0.25) is 4.90 Å². The van der Waals surface area contributed by atoms with Crippen LogP contribution in [-0.4, -0.2) is 35.2 Å². The van der Waals surface area contributed by atoms with E-state index in [4.69, 9.17) is 0 Å². The Morgan fingerprint density at radius 3 is 2.77 bits per heavy atom. The molecule has 2 heteroatoms. The van der Waals surface area contributed by atoms with Gasteiger partial charge in [0, 0.05) is 12.1 Å². The molecular formula is C11H21NO. The molecule has 3 atom stereocenters. The van der Waals surface area contributed by atoms with E-state index in [1.54, 1.807) is 0 Å². The molecule has 76 valence electrons. The van der Waals surface area contributed by atoms with Crippen LogP contribution < -0.4 is 0 Å². The zero-order valence-corrected chi connectivity index (χ0v) is 8.58. The molecule has 0 aromatic carbocycles. The fourth-order valence-electron chi connectivity index (χ4n) is 3.01. The first-order chi connectivity index (χ1) is 6.31. The van der Waals surface area contributed by atoms with E-state index in [0.717, 1.165) is 12.0 Å². The highest BCUT2D eigenvalue weighted by molar-refractivity contribution is 4.88. The Kier molecular flexibility index (Phi) is 2.89. The van der Waals surface area contributed by atoms with Crippen molar-refractivity contribution < 1.29 is 5.11 Å². The van der Waals surface area contributed by atoms with Gasteiger partial charge in [-0.1, -0.05) is 6.92 Å². The average molecular weight is 183 g/mol. The number of aliphatic hydroxyl groups excluding tert-OH is 1. The van der Waals surface area contributed by atoms with Gasteiger partial charge >= 0.3 is 0 Å². The fourth-order valence-corrected chi connectivity index (χ4v) is 3.01. The van der Waals surface area contributed by atoms with Crippen molar-refractivity contribution in [1.82, 2.24) is 4.90 Å². The van der Waals surface area contributed by atoms with Gasteiger partial charge in [0.1, 0.15) is 0 Å². The SMILES string of the molecule is CC1CCC(N2CCC[C@@H]2CO)C1. The molecule has 0 amide bonds. The number of nitrogens with zero attached hydrogens (tertiary/aromatic N) is 1. The summed E-state index contributed by atoms with van der Waals surface area (Å²) >= 11 is 0. The maximum absolute atomic E-state index is 9.22. The Morgan fingerprint density at radius 2 is 2.15 bits per heavy atom. The van der Waals surface area contributed by atoms with Crippen molar-refractivity contribution in [2.45, 2.75) is 51.1 Å². The molecule has 13 heavy (non-hydrogen) atoms. The molecule has 2 fully saturated rings. The molecule has 1 saturated carbocycles. The Bertz CT molecular complexity index is 171. The third kappa shape index (κ3) is 1.89. The third-order valence-electron chi connectivity index (χ3n) is 3.77. The van der Waals surface area contributed by atoms with Crippen molar-refractivity contribution in [3.63, 3.8) is 0 Å². The van der Waals surface area contributed by atoms with Crippen LogP contribution in [0.4, 0.5) is 0 Å². The van der Waals surface area contributed by atoms with Gasteiger partial charge in [0.2, 0.25) is 0 Å². The van der Waals surface area contributed by atoms with Crippen molar-refractivity contribution >= 4 is 0 Å². The lowest BCUT2D eigenvalue weighted by atomic mass is 10.1. The summed E-state index contributed by atoms with van der Waals surface area (Å²) < 4.78 is 0. The van der Waals surface area contributed by atoms with E-state index in [9.17, 15) is 5.11 Å². The summed E-state index contributed by atoms with van der Waals surface area (Å²) in [4.78, 5) is 2.56. The van der Waals surface area contributed by atoms with Crippen molar-refractivity contribution in [2.24, 2.45) is 5.92 Å². The molecule has 0 aromatic heterocycles. The highest BCUT2D eigenvalue weighted by Crippen LogP contribution is 2.32. The van der Waals surface area contributed by atoms with Crippen molar-refractivity contribution in [1.29, 1.82) is 0 Å². The molecule has 1 aliphatic heterocycles. The van der Waals surface area contributed by atoms with Gasteiger partial charge in [-0.05, 0) is 44.6 Å². The van der Waals surface area contributed by atoms with Crippen LogP contribution in [0.25, 0.3) is 0 Å². The van der Waals surface area contributed by atoms with Crippen LogP contribution >= 0.6 is 0 Å². The predicted octanol–water partition coefficient (Wildman–Crippen LogP) is 1.63. The van der Waals surface area contributed by atoms with Crippen LogP contribution in [0.1, 0.15) is 39.0 Å². The Morgan fingerprint density at radius 1 is 1.31 bits per heavy atom.